The third-order valence-electron chi connectivity index (χ3n) is 2.24. The summed E-state index contributed by atoms with van der Waals surface area (Å²) in [6.07, 6.45) is 1.32. The van der Waals surface area contributed by atoms with Crippen LogP contribution in [0.4, 0.5) is 0 Å². The van der Waals surface area contributed by atoms with Crippen LogP contribution in [0, 0.1) is 6.92 Å². The minimum Gasteiger partial charge on any atom is -0.376 e. The van der Waals surface area contributed by atoms with Crippen molar-refractivity contribution < 1.29 is 5.11 Å². The number of aryl methyl sites for hydroxylation is 1. The molecule has 0 bridgehead atoms. The van der Waals surface area contributed by atoms with Crippen LogP contribution in [0.25, 0.3) is 10.9 Å². The fourth-order valence-electron chi connectivity index (χ4n) is 1.51. The minimum atomic E-state index is -0.382. The summed E-state index contributed by atoms with van der Waals surface area (Å²) in [6.45, 7) is 1.46. The van der Waals surface area contributed by atoms with Gasteiger partial charge >= 0.3 is 0 Å². The number of hydrogen-bond acceptors (Lipinski definition) is 3. The highest BCUT2D eigenvalue weighted by atomic mass is 35.5. The van der Waals surface area contributed by atoms with E-state index in [4.69, 9.17) is 16.7 Å². The zero-order valence-corrected chi connectivity index (χ0v) is 8.82. The van der Waals surface area contributed by atoms with E-state index in [1.165, 1.54) is 6.33 Å². The first kappa shape index (κ1) is 10.1. The fraction of sp³-hybridized carbons (Fsp3) is 0.200. The predicted octanol–water partition coefficient (Wildman–Crippen LogP) is 1.31. The van der Waals surface area contributed by atoms with Crippen LogP contribution in [0.5, 0.6) is 0 Å². The summed E-state index contributed by atoms with van der Waals surface area (Å²) < 4.78 is 1.12. The normalized spacial score (nSPS) is 10.9. The van der Waals surface area contributed by atoms with Crippen molar-refractivity contribution in [2.24, 2.45) is 0 Å². The number of benzene rings is 1. The van der Waals surface area contributed by atoms with Crippen molar-refractivity contribution in [3.8, 4) is 0 Å². The molecule has 2 aromatic rings. The van der Waals surface area contributed by atoms with Crippen molar-refractivity contribution >= 4 is 22.5 Å². The number of hydrogen-bond donors (Lipinski definition) is 1. The molecule has 0 saturated heterocycles. The largest absolute Gasteiger partial charge is 0.376 e. The third kappa shape index (κ3) is 1.62. The molecule has 0 unspecified atom stereocenters. The summed E-state index contributed by atoms with van der Waals surface area (Å²) in [5.41, 5.74) is 1.18. The van der Waals surface area contributed by atoms with Crippen LogP contribution in [0.2, 0.25) is 5.02 Å². The SMILES string of the molecule is Cc1cc(Cl)cc2c(=O)n(CO)cnc12. The molecule has 0 aliphatic rings. The van der Waals surface area contributed by atoms with Gasteiger partial charge in [-0.1, -0.05) is 11.6 Å². The molecule has 2 rings (SSSR count). The second-order valence-electron chi connectivity index (χ2n) is 3.28. The number of rotatable bonds is 1. The fourth-order valence-corrected chi connectivity index (χ4v) is 1.78. The molecule has 0 aliphatic carbocycles. The van der Waals surface area contributed by atoms with E-state index in [-0.39, 0.29) is 12.3 Å². The Morgan fingerprint density at radius 1 is 1.53 bits per heavy atom. The van der Waals surface area contributed by atoms with Gasteiger partial charge in [0.2, 0.25) is 0 Å². The van der Waals surface area contributed by atoms with Crippen molar-refractivity contribution in [2.75, 3.05) is 0 Å². The predicted molar refractivity (Wildman–Crippen MR) is 58.0 cm³/mol. The minimum absolute atomic E-state index is 0.284. The van der Waals surface area contributed by atoms with Crippen LogP contribution < -0.4 is 5.56 Å². The van der Waals surface area contributed by atoms with E-state index in [9.17, 15) is 4.79 Å². The van der Waals surface area contributed by atoms with E-state index < -0.39 is 0 Å². The number of halogens is 1. The molecular formula is C10H9ClN2O2. The molecule has 78 valence electrons. The molecule has 0 amide bonds. The van der Waals surface area contributed by atoms with Crippen LogP contribution in [-0.2, 0) is 6.73 Å². The molecule has 0 fully saturated rings. The standard InChI is InChI=1S/C10H9ClN2O2/c1-6-2-7(11)3-8-9(6)12-4-13(5-14)10(8)15/h2-4,14H,5H2,1H3. The summed E-state index contributed by atoms with van der Waals surface area (Å²) in [5.74, 6) is 0. The van der Waals surface area contributed by atoms with Gasteiger partial charge in [-0.2, -0.15) is 0 Å². The maximum absolute atomic E-state index is 11.8. The average Bonchev–Trinajstić information content (AvgIpc) is 2.19. The van der Waals surface area contributed by atoms with E-state index in [0.717, 1.165) is 10.1 Å². The molecule has 0 spiro atoms. The van der Waals surface area contributed by atoms with Crippen molar-refractivity contribution in [3.05, 3.63) is 39.4 Å². The Labute approximate surface area is 90.8 Å². The summed E-state index contributed by atoms with van der Waals surface area (Å²) in [4.78, 5) is 15.9. The molecule has 0 saturated carbocycles. The molecule has 1 N–H and O–H groups in total. The lowest BCUT2D eigenvalue weighted by atomic mass is 10.1. The van der Waals surface area contributed by atoms with Gasteiger partial charge in [0, 0.05) is 5.02 Å². The van der Waals surface area contributed by atoms with Gasteiger partial charge in [-0.3, -0.25) is 9.36 Å². The number of aromatic nitrogens is 2. The van der Waals surface area contributed by atoms with Crippen molar-refractivity contribution in [2.45, 2.75) is 13.7 Å². The molecule has 1 heterocycles. The Kier molecular flexibility index (Phi) is 2.46. The highest BCUT2D eigenvalue weighted by Gasteiger charge is 2.06. The van der Waals surface area contributed by atoms with E-state index in [1.807, 2.05) is 6.92 Å². The lowest BCUT2D eigenvalue weighted by molar-refractivity contribution is 0.205. The van der Waals surface area contributed by atoms with Crippen molar-refractivity contribution in [1.82, 2.24) is 9.55 Å². The molecular weight excluding hydrogens is 216 g/mol. The monoisotopic (exact) mass is 224 g/mol. The Hall–Kier alpha value is -1.39. The van der Waals surface area contributed by atoms with Gasteiger partial charge in [0.05, 0.1) is 10.9 Å². The molecule has 0 aliphatic heterocycles. The quantitative estimate of drug-likeness (QED) is 0.795. The average molecular weight is 225 g/mol. The third-order valence-corrected chi connectivity index (χ3v) is 2.45. The van der Waals surface area contributed by atoms with Crippen LogP contribution in [0.3, 0.4) is 0 Å². The van der Waals surface area contributed by atoms with Gasteiger partial charge in [0.1, 0.15) is 13.1 Å². The summed E-state index contributed by atoms with van der Waals surface area (Å²) in [7, 11) is 0. The summed E-state index contributed by atoms with van der Waals surface area (Å²) in [5, 5.41) is 9.83. The van der Waals surface area contributed by atoms with Crippen LogP contribution >= 0.6 is 11.6 Å². The van der Waals surface area contributed by atoms with Crippen molar-refractivity contribution in [1.29, 1.82) is 0 Å². The Bertz CT molecular complexity index is 577. The second-order valence-corrected chi connectivity index (χ2v) is 3.72. The van der Waals surface area contributed by atoms with Crippen LogP contribution in [0.1, 0.15) is 5.56 Å². The maximum atomic E-state index is 11.8. The highest BCUT2D eigenvalue weighted by Crippen LogP contribution is 2.18. The molecule has 1 aromatic heterocycles. The lowest BCUT2D eigenvalue weighted by Gasteiger charge is -2.05. The van der Waals surface area contributed by atoms with Gasteiger partial charge in [0.15, 0.2) is 0 Å². The first-order valence-corrected chi connectivity index (χ1v) is 4.77. The summed E-state index contributed by atoms with van der Waals surface area (Å²) >= 11 is 5.85. The summed E-state index contributed by atoms with van der Waals surface area (Å²) in [6, 6.07) is 3.31. The number of nitrogens with zero attached hydrogens (tertiary/aromatic N) is 2. The first-order chi connectivity index (χ1) is 7.13. The molecule has 15 heavy (non-hydrogen) atoms. The highest BCUT2D eigenvalue weighted by molar-refractivity contribution is 6.31. The maximum Gasteiger partial charge on any atom is 0.263 e. The molecule has 0 radical (unpaired) electrons. The zero-order chi connectivity index (χ0) is 11.0. The van der Waals surface area contributed by atoms with Gasteiger partial charge < -0.3 is 5.11 Å². The Balaban J connectivity index is 2.93. The molecule has 4 nitrogen and oxygen atoms in total. The van der Waals surface area contributed by atoms with Gasteiger partial charge in [0.25, 0.3) is 5.56 Å². The van der Waals surface area contributed by atoms with Crippen LogP contribution in [0.15, 0.2) is 23.3 Å². The van der Waals surface area contributed by atoms with Gasteiger partial charge in [-0.15, -0.1) is 0 Å². The second kappa shape index (κ2) is 3.64. The van der Waals surface area contributed by atoms with Crippen LogP contribution in [-0.4, -0.2) is 14.7 Å². The van der Waals surface area contributed by atoms with Gasteiger partial charge in [-0.25, -0.2) is 4.98 Å². The molecule has 5 heteroatoms. The Morgan fingerprint density at radius 2 is 2.27 bits per heavy atom. The Morgan fingerprint density at radius 3 is 2.93 bits per heavy atom. The number of aliphatic hydroxyl groups excluding tert-OH is 1. The lowest BCUT2D eigenvalue weighted by Crippen LogP contribution is -2.20. The number of aliphatic hydroxyl groups is 1. The number of fused-ring (bicyclic) bond motifs is 1. The molecule has 1 aromatic carbocycles. The van der Waals surface area contributed by atoms with E-state index >= 15 is 0 Å². The zero-order valence-electron chi connectivity index (χ0n) is 8.07. The van der Waals surface area contributed by atoms with E-state index in [0.29, 0.717) is 15.9 Å². The van der Waals surface area contributed by atoms with E-state index in [1.54, 1.807) is 12.1 Å². The topological polar surface area (TPSA) is 55.1 Å². The smallest absolute Gasteiger partial charge is 0.263 e. The van der Waals surface area contributed by atoms with Gasteiger partial charge in [-0.05, 0) is 24.6 Å². The first-order valence-electron chi connectivity index (χ1n) is 4.39. The van der Waals surface area contributed by atoms with Crippen molar-refractivity contribution in [3.63, 3.8) is 0 Å². The molecule has 0 atom stereocenters. The van der Waals surface area contributed by atoms with E-state index in [2.05, 4.69) is 4.98 Å².